The van der Waals surface area contributed by atoms with E-state index in [0.717, 1.165) is 51.9 Å². The average Bonchev–Trinajstić information content (AvgIpc) is 2.14. The molecule has 3 heteroatoms. The van der Waals surface area contributed by atoms with Crippen molar-refractivity contribution >= 4 is 0 Å². The second kappa shape index (κ2) is 6.35. The largest absolute Gasteiger partial charge is 0.379 e. The van der Waals surface area contributed by atoms with Crippen molar-refractivity contribution in [2.75, 3.05) is 45.9 Å². The number of rotatable bonds is 5. The van der Waals surface area contributed by atoms with Crippen LogP contribution in [0.5, 0.6) is 0 Å². The highest BCUT2D eigenvalue weighted by Crippen LogP contribution is 1.95. The molecule has 3 nitrogen and oxygen atoms in total. The van der Waals surface area contributed by atoms with Crippen molar-refractivity contribution in [3.05, 3.63) is 0 Å². The maximum Gasteiger partial charge on any atom is 0.0594 e. The Labute approximate surface area is 81.4 Å². The van der Waals surface area contributed by atoms with Crippen molar-refractivity contribution in [3.63, 3.8) is 0 Å². The molecule has 0 aromatic heterocycles. The maximum absolute atomic E-state index is 5.28. The highest BCUT2D eigenvalue weighted by molar-refractivity contribution is 4.63. The van der Waals surface area contributed by atoms with Crippen molar-refractivity contribution in [3.8, 4) is 0 Å². The average molecular weight is 186 g/mol. The Morgan fingerprint density at radius 2 is 2.00 bits per heavy atom. The smallest absolute Gasteiger partial charge is 0.0594 e. The van der Waals surface area contributed by atoms with E-state index in [2.05, 4.69) is 24.1 Å². The summed E-state index contributed by atoms with van der Waals surface area (Å²) >= 11 is 0. The zero-order valence-corrected chi connectivity index (χ0v) is 8.88. The first-order valence-corrected chi connectivity index (χ1v) is 5.30. The van der Waals surface area contributed by atoms with Gasteiger partial charge in [-0.2, -0.15) is 0 Å². The summed E-state index contributed by atoms with van der Waals surface area (Å²) in [6.07, 6.45) is 0. The van der Waals surface area contributed by atoms with Crippen LogP contribution in [-0.4, -0.2) is 50.8 Å². The van der Waals surface area contributed by atoms with Gasteiger partial charge in [0.05, 0.1) is 13.2 Å². The predicted octanol–water partition coefficient (Wildman–Crippen LogP) is 0.564. The lowest BCUT2D eigenvalue weighted by Crippen LogP contribution is -2.40. The molecule has 1 aliphatic rings. The molecule has 1 heterocycles. The molecule has 0 amide bonds. The molecule has 0 aliphatic carbocycles. The Morgan fingerprint density at radius 3 is 2.62 bits per heavy atom. The summed E-state index contributed by atoms with van der Waals surface area (Å²) < 4.78 is 5.28. The van der Waals surface area contributed by atoms with E-state index in [9.17, 15) is 0 Å². The van der Waals surface area contributed by atoms with Crippen LogP contribution in [-0.2, 0) is 4.74 Å². The summed E-state index contributed by atoms with van der Waals surface area (Å²) in [5.41, 5.74) is 0. The predicted molar refractivity (Wildman–Crippen MR) is 55.0 cm³/mol. The van der Waals surface area contributed by atoms with Crippen LogP contribution in [0.15, 0.2) is 0 Å². The van der Waals surface area contributed by atoms with Gasteiger partial charge in [0.25, 0.3) is 0 Å². The summed E-state index contributed by atoms with van der Waals surface area (Å²) in [6, 6.07) is 0. The van der Waals surface area contributed by atoms with E-state index < -0.39 is 0 Å². The molecular weight excluding hydrogens is 164 g/mol. The molecule has 1 rings (SSSR count). The molecule has 1 saturated heterocycles. The fraction of sp³-hybridized carbons (Fsp3) is 1.00. The summed E-state index contributed by atoms with van der Waals surface area (Å²) in [5, 5.41) is 3.45. The summed E-state index contributed by atoms with van der Waals surface area (Å²) in [6.45, 7) is 11.9. The molecule has 0 saturated carbocycles. The van der Waals surface area contributed by atoms with E-state index in [1.165, 1.54) is 0 Å². The minimum absolute atomic E-state index is 0.754. The number of nitrogens with one attached hydrogen (secondary N) is 1. The third-order valence-corrected chi connectivity index (χ3v) is 2.26. The molecule has 1 fully saturated rings. The van der Waals surface area contributed by atoms with E-state index in [-0.39, 0.29) is 0 Å². The summed E-state index contributed by atoms with van der Waals surface area (Å²) in [4.78, 5) is 2.46. The molecule has 0 aromatic carbocycles. The van der Waals surface area contributed by atoms with Crippen LogP contribution in [0.4, 0.5) is 0 Å². The van der Waals surface area contributed by atoms with Crippen LogP contribution in [0.3, 0.4) is 0 Å². The lowest BCUT2D eigenvalue weighted by Gasteiger charge is -2.26. The number of hydrogen-bond acceptors (Lipinski definition) is 3. The van der Waals surface area contributed by atoms with E-state index in [1.54, 1.807) is 0 Å². The first kappa shape index (κ1) is 11.0. The Kier molecular flexibility index (Phi) is 5.35. The fourth-order valence-electron chi connectivity index (χ4n) is 1.45. The Balaban J connectivity index is 1.92. The topological polar surface area (TPSA) is 24.5 Å². The molecule has 0 atom stereocenters. The van der Waals surface area contributed by atoms with Gasteiger partial charge in [-0.05, 0) is 12.5 Å². The quantitative estimate of drug-likeness (QED) is 0.635. The second-order valence-electron chi connectivity index (χ2n) is 4.05. The van der Waals surface area contributed by atoms with E-state index in [0.29, 0.717) is 0 Å². The zero-order valence-electron chi connectivity index (χ0n) is 8.88. The second-order valence-corrected chi connectivity index (χ2v) is 4.05. The summed E-state index contributed by atoms with van der Waals surface area (Å²) in [7, 11) is 0. The molecule has 0 radical (unpaired) electrons. The molecule has 0 spiro atoms. The lowest BCUT2D eigenvalue weighted by atomic mass is 10.2. The van der Waals surface area contributed by atoms with Crippen LogP contribution in [0.2, 0.25) is 0 Å². The summed E-state index contributed by atoms with van der Waals surface area (Å²) in [5.74, 6) is 0.754. The third-order valence-electron chi connectivity index (χ3n) is 2.26. The van der Waals surface area contributed by atoms with E-state index >= 15 is 0 Å². The van der Waals surface area contributed by atoms with Gasteiger partial charge in [-0.25, -0.2) is 0 Å². The van der Waals surface area contributed by atoms with E-state index in [1.807, 2.05) is 0 Å². The van der Waals surface area contributed by atoms with Gasteiger partial charge in [0.2, 0.25) is 0 Å². The van der Waals surface area contributed by atoms with E-state index in [4.69, 9.17) is 4.74 Å². The van der Waals surface area contributed by atoms with Gasteiger partial charge < -0.3 is 10.1 Å². The van der Waals surface area contributed by atoms with Gasteiger partial charge in [-0.1, -0.05) is 13.8 Å². The number of ether oxygens (including phenoxy) is 1. The number of morpholine rings is 1. The van der Waals surface area contributed by atoms with Crippen LogP contribution in [0.1, 0.15) is 13.8 Å². The van der Waals surface area contributed by atoms with Gasteiger partial charge in [-0.3, -0.25) is 4.90 Å². The Hall–Kier alpha value is -0.120. The number of hydrogen-bond donors (Lipinski definition) is 1. The molecule has 78 valence electrons. The van der Waals surface area contributed by atoms with Crippen molar-refractivity contribution in [1.82, 2.24) is 10.2 Å². The highest BCUT2D eigenvalue weighted by Gasteiger charge is 2.08. The fourth-order valence-corrected chi connectivity index (χ4v) is 1.45. The van der Waals surface area contributed by atoms with Gasteiger partial charge in [-0.15, -0.1) is 0 Å². The van der Waals surface area contributed by atoms with Crippen molar-refractivity contribution < 1.29 is 4.74 Å². The molecule has 0 bridgehead atoms. The Morgan fingerprint density at radius 1 is 1.31 bits per heavy atom. The first-order valence-electron chi connectivity index (χ1n) is 5.30. The molecule has 1 aliphatic heterocycles. The lowest BCUT2D eigenvalue weighted by molar-refractivity contribution is 0.0384. The van der Waals surface area contributed by atoms with Gasteiger partial charge >= 0.3 is 0 Å². The highest BCUT2D eigenvalue weighted by atomic mass is 16.5. The SMILES string of the molecule is CC(C)CNCCN1CCOCC1. The zero-order chi connectivity index (χ0) is 9.52. The van der Waals surface area contributed by atoms with Crippen molar-refractivity contribution in [2.24, 2.45) is 5.92 Å². The molecule has 1 N–H and O–H groups in total. The van der Waals surface area contributed by atoms with Crippen LogP contribution < -0.4 is 5.32 Å². The van der Waals surface area contributed by atoms with Gasteiger partial charge in [0, 0.05) is 26.2 Å². The third kappa shape index (κ3) is 5.24. The Bertz CT molecular complexity index is 122. The molecule has 0 aromatic rings. The molecule has 13 heavy (non-hydrogen) atoms. The minimum Gasteiger partial charge on any atom is -0.379 e. The standard InChI is InChI=1S/C10H22N2O/c1-10(2)9-11-3-4-12-5-7-13-8-6-12/h10-11H,3-9H2,1-2H3. The number of nitrogens with zero attached hydrogens (tertiary/aromatic N) is 1. The van der Waals surface area contributed by atoms with Crippen molar-refractivity contribution in [2.45, 2.75) is 13.8 Å². The first-order chi connectivity index (χ1) is 6.29. The monoisotopic (exact) mass is 186 g/mol. The normalized spacial score (nSPS) is 19.6. The minimum atomic E-state index is 0.754. The van der Waals surface area contributed by atoms with Crippen LogP contribution in [0, 0.1) is 5.92 Å². The van der Waals surface area contributed by atoms with Crippen LogP contribution in [0.25, 0.3) is 0 Å². The maximum atomic E-state index is 5.28. The van der Waals surface area contributed by atoms with Gasteiger partial charge in [0.1, 0.15) is 0 Å². The molecular formula is C10H22N2O. The van der Waals surface area contributed by atoms with Crippen LogP contribution >= 0.6 is 0 Å². The van der Waals surface area contributed by atoms with Gasteiger partial charge in [0.15, 0.2) is 0 Å². The van der Waals surface area contributed by atoms with Crippen molar-refractivity contribution in [1.29, 1.82) is 0 Å². The molecule has 0 unspecified atom stereocenters.